The van der Waals surface area contributed by atoms with Crippen molar-refractivity contribution in [3.8, 4) is 11.8 Å². The summed E-state index contributed by atoms with van der Waals surface area (Å²) < 4.78 is 12.3. The van der Waals surface area contributed by atoms with E-state index in [1.165, 1.54) is 25.3 Å². The molecule has 0 aliphatic carbocycles. The molecule has 0 atom stereocenters. The van der Waals surface area contributed by atoms with Gasteiger partial charge in [0.2, 0.25) is 0 Å². The minimum absolute atomic E-state index is 0.114. The topological polar surface area (TPSA) is 88.4 Å². The Labute approximate surface area is 230 Å². The monoisotopic (exact) mass is 618 g/mol. The van der Waals surface area contributed by atoms with E-state index in [0.29, 0.717) is 33.6 Å². The molecule has 4 rings (SSSR count). The van der Waals surface area contributed by atoms with Crippen LogP contribution in [0.15, 0.2) is 93.4 Å². The predicted octanol–water partition coefficient (Wildman–Crippen LogP) is 7.28. The van der Waals surface area contributed by atoms with Gasteiger partial charge in [0.05, 0.1) is 17.1 Å². The Balaban J connectivity index is 1.59. The van der Waals surface area contributed by atoms with Gasteiger partial charge in [-0.2, -0.15) is 5.26 Å². The van der Waals surface area contributed by atoms with Gasteiger partial charge in [-0.15, -0.1) is 0 Å². The number of methoxy groups -OCH3 is 1. The Morgan fingerprint density at radius 2 is 1.73 bits per heavy atom. The Hall–Kier alpha value is -3.93. The second-order valence-electron chi connectivity index (χ2n) is 7.93. The molecule has 0 unspecified atom stereocenters. The van der Waals surface area contributed by atoms with Crippen LogP contribution in [-0.2, 0) is 16.1 Å². The van der Waals surface area contributed by atoms with Crippen molar-refractivity contribution in [1.82, 2.24) is 0 Å². The second kappa shape index (κ2) is 11.9. The number of fused-ring (bicyclic) bond motifs is 1. The molecule has 0 spiro atoms. The molecular formula is C29H20Br2N2O4. The van der Waals surface area contributed by atoms with E-state index in [9.17, 15) is 14.9 Å². The molecule has 0 aliphatic heterocycles. The predicted molar refractivity (Wildman–Crippen MR) is 150 cm³/mol. The summed E-state index contributed by atoms with van der Waals surface area (Å²) in [5.74, 6) is -0.574. The lowest BCUT2D eigenvalue weighted by Gasteiger charge is -2.14. The number of nitrogens with one attached hydrogen (secondary N) is 1. The molecule has 37 heavy (non-hydrogen) atoms. The lowest BCUT2D eigenvalue weighted by molar-refractivity contribution is -0.112. The number of carbonyl (C=O) groups is 2. The summed E-state index contributed by atoms with van der Waals surface area (Å²) in [6.45, 7) is 0.295. The summed E-state index contributed by atoms with van der Waals surface area (Å²) in [5, 5.41) is 14.6. The Morgan fingerprint density at radius 1 is 1.00 bits per heavy atom. The van der Waals surface area contributed by atoms with Crippen LogP contribution in [0.1, 0.15) is 21.5 Å². The van der Waals surface area contributed by atoms with Gasteiger partial charge in [-0.1, -0.05) is 58.4 Å². The Kier molecular flexibility index (Phi) is 8.39. The summed E-state index contributed by atoms with van der Waals surface area (Å²) >= 11 is 7.01. The van der Waals surface area contributed by atoms with Crippen LogP contribution >= 0.6 is 31.9 Å². The number of nitriles is 1. The van der Waals surface area contributed by atoms with Crippen molar-refractivity contribution in [3.63, 3.8) is 0 Å². The number of benzene rings is 4. The van der Waals surface area contributed by atoms with Gasteiger partial charge in [0.1, 0.15) is 24.0 Å². The van der Waals surface area contributed by atoms with Crippen LogP contribution < -0.4 is 10.1 Å². The fourth-order valence-electron chi connectivity index (χ4n) is 3.72. The molecular weight excluding hydrogens is 600 g/mol. The highest BCUT2D eigenvalue weighted by Crippen LogP contribution is 2.35. The average Bonchev–Trinajstić information content (AvgIpc) is 2.91. The molecule has 0 saturated heterocycles. The van der Waals surface area contributed by atoms with E-state index in [0.717, 1.165) is 20.8 Å². The third kappa shape index (κ3) is 6.26. The van der Waals surface area contributed by atoms with Gasteiger partial charge in [0, 0.05) is 15.7 Å². The standard InChI is InChI=1S/C29H20Br2N2O4/c1-36-29(35)19-9-11-24(12-10-19)33-28(34)22(16-32)13-21-14-23(30)15-26(31)27(21)37-17-20-7-4-6-18-5-2-3-8-25(18)20/h2-15H,17H2,1H3,(H,33,34)/b22-13+. The third-order valence-electron chi connectivity index (χ3n) is 5.52. The third-order valence-corrected chi connectivity index (χ3v) is 6.56. The first-order valence-electron chi connectivity index (χ1n) is 11.1. The molecule has 0 heterocycles. The summed E-state index contributed by atoms with van der Waals surface area (Å²) in [6, 6.07) is 25.9. The van der Waals surface area contributed by atoms with Crippen molar-refractivity contribution < 1.29 is 19.1 Å². The zero-order chi connectivity index (χ0) is 26.4. The van der Waals surface area contributed by atoms with Crippen molar-refractivity contribution in [3.05, 3.63) is 110 Å². The highest BCUT2D eigenvalue weighted by molar-refractivity contribution is 9.11. The van der Waals surface area contributed by atoms with Crippen molar-refractivity contribution in [1.29, 1.82) is 5.26 Å². The molecule has 4 aromatic carbocycles. The largest absolute Gasteiger partial charge is 0.487 e. The highest BCUT2D eigenvalue weighted by Gasteiger charge is 2.15. The summed E-state index contributed by atoms with van der Waals surface area (Å²) in [6.07, 6.45) is 1.48. The lowest BCUT2D eigenvalue weighted by Crippen LogP contribution is -2.13. The Bertz CT molecular complexity index is 1550. The van der Waals surface area contributed by atoms with Crippen molar-refractivity contribution in [2.75, 3.05) is 12.4 Å². The average molecular weight is 620 g/mol. The fourth-order valence-corrected chi connectivity index (χ4v) is 5.09. The molecule has 0 saturated carbocycles. The summed E-state index contributed by atoms with van der Waals surface area (Å²) in [5.41, 5.74) is 2.23. The number of hydrogen-bond donors (Lipinski definition) is 1. The highest BCUT2D eigenvalue weighted by atomic mass is 79.9. The molecule has 6 nitrogen and oxygen atoms in total. The molecule has 184 valence electrons. The number of halogens is 2. The summed E-state index contributed by atoms with van der Waals surface area (Å²) in [4.78, 5) is 24.5. The molecule has 1 amide bonds. The van der Waals surface area contributed by atoms with E-state index in [4.69, 9.17) is 4.74 Å². The molecule has 8 heteroatoms. The maximum atomic E-state index is 12.9. The van der Waals surface area contributed by atoms with Gasteiger partial charge in [0.15, 0.2) is 0 Å². The zero-order valence-electron chi connectivity index (χ0n) is 19.6. The Morgan fingerprint density at radius 3 is 2.46 bits per heavy atom. The number of rotatable bonds is 7. The van der Waals surface area contributed by atoms with Gasteiger partial charge >= 0.3 is 5.97 Å². The minimum Gasteiger partial charge on any atom is -0.487 e. The van der Waals surface area contributed by atoms with Crippen LogP contribution in [0.3, 0.4) is 0 Å². The first-order chi connectivity index (χ1) is 17.9. The van der Waals surface area contributed by atoms with Gasteiger partial charge in [-0.25, -0.2) is 4.79 Å². The van der Waals surface area contributed by atoms with Crippen molar-refractivity contribution in [2.45, 2.75) is 6.61 Å². The zero-order valence-corrected chi connectivity index (χ0v) is 22.8. The quantitative estimate of drug-likeness (QED) is 0.133. The van der Waals surface area contributed by atoms with E-state index in [2.05, 4.69) is 41.9 Å². The van der Waals surface area contributed by atoms with Gasteiger partial charge in [-0.3, -0.25) is 4.79 Å². The van der Waals surface area contributed by atoms with Crippen LogP contribution in [0.5, 0.6) is 5.75 Å². The van der Waals surface area contributed by atoms with Crippen LogP contribution in [0.25, 0.3) is 16.8 Å². The smallest absolute Gasteiger partial charge is 0.337 e. The van der Waals surface area contributed by atoms with E-state index < -0.39 is 11.9 Å². The van der Waals surface area contributed by atoms with E-state index in [1.54, 1.807) is 18.2 Å². The van der Waals surface area contributed by atoms with Crippen LogP contribution in [0.4, 0.5) is 5.69 Å². The molecule has 4 aromatic rings. The number of carbonyl (C=O) groups excluding carboxylic acids is 2. The molecule has 0 radical (unpaired) electrons. The van der Waals surface area contributed by atoms with Gasteiger partial charge < -0.3 is 14.8 Å². The first kappa shape index (κ1) is 26.1. The van der Waals surface area contributed by atoms with Crippen molar-refractivity contribution in [2.24, 2.45) is 0 Å². The van der Waals surface area contributed by atoms with Gasteiger partial charge in [-0.05, 0) is 74.7 Å². The number of hydrogen-bond acceptors (Lipinski definition) is 5. The summed E-state index contributed by atoms with van der Waals surface area (Å²) in [7, 11) is 1.29. The van der Waals surface area contributed by atoms with Crippen LogP contribution in [-0.4, -0.2) is 19.0 Å². The molecule has 0 aliphatic rings. The fraction of sp³-hybridized carbons (Fsp3) is 0.0690. The number of nitrogens with zero attached hydrogens (tertiary/aromatic N) is 1. The number of anilines is 1. The number of esters is 1. The second-order valence-corrected chi connectivity index (χ2v) is 9.70. The maximum Gasteiger partial charge on any atom is 0.337 e. The number of amides is 1. The molecule has 1 N–H and O–H groups in total. The SMILES string of the molecule is COC(=O)c1ccc(NC(=O)/C(C#N)=C/c2cc(Br)cc(Br)c2OCc2cccc3ccccc23)cc1. The van der Waals surface area contributed by atoms with E-state index in [-0.39, 0.29) is 5.57 Å². The van der Waals surface area contributed by atoms with E-state index in [1.807, 2.05) is 54.6 Å². The lowest BCUT2D eigenvalue weighted by atomic mass is 10.1. The molecule has 0 aromatic heterocycles. The maximum absolute atomic E-state index is 12.9. The first-order valence-corrected chi connectivity index (χ1v) is 12.7. The number of ether oxygens (including phenoxy) is 2. The van der Waals surface area contributed by atoms with Gasteiger partial charge in [0.25, 0.3) is 5.91 Å². The normalized spacial score (nSPS) is 11.0. The van der Waals surface area contributed by atoms with Crippen LogP contribution in [0.2, 0.25) is 0 Å². The minimum atomic E-state index is -0.593. The molecule has 0 bridgehead atoms. The van der Waals surface area contributed by atoms with Crippen LogP contribution in [0, 0.1) is 11.3 Å². The van der Waals surface area contributed by atoms with E-state index >= 15 is 0 Å². The van der Waals surface area contributed by atoms with Crippen molar-refractivity contribution >= 4 is 66.3 Å². The molecule has 0 fully saturated rings.